The molecular weight excluding hydrogens is 198 g/mol. The summed E-state index contributed by atoms with van der Waals surface area (Å²) in [5, 5.41) is 4.09. The van der Waals surface area contributed by atoms with Gasteiger partial charge in [0.05, 0.1) is 6.04 Å². The van der Waals surface area contributed by atoms with Crippen molar-refractivity contribution in [3.63, 3.8) is 0 Å². The zero-order valence-corrected chi connectivity index (χ0v) is 10.7. The number of nitrogens with one attached hydrogen (secondary N) is 1. The molecule has 0 saturated carbocycles. The van der Waals surface area contributed by atoms with Crippen molar-refractivity contribution in [2.24, 2.45) is 0 Å². The lowest BCUT2D eigenvalue weighted by Gasteiger charge is -2.22. The van der Waals surface area contributed by atoms with Gasteiger partial charge in [-0.15, -0.1) is 0 Å². The minimum Gasteiger partial charge on any atom is -0.354 e. The molecule has 0 aromatic heterocycles. The van der Waals surface area contributed by atoms with Crippen LogP contribution in [0.3, 0.4) is 0 Å². The second kappa shape index (κ2) is 8.53. The highest BCUT2D eigenvalue weighted by molar-refractivity contribution is 7.99. The van der Waals surface area contributed by atoms with Gasteiger partial charge in [0.2, 0.25) is 0 Å². The fourth-order valence-corrected chi connectivity index (χ4v) is 1.59. The molecule has 0 fully saturated rings. The van der Waals surface area contributed by atoms with Crippen LogP contribution in [-0.2, 0) is 9.47 Å². The fourth-order valence-electron chi connectivity index (χ4n) is 1.23. The van der Waals surface area contributed by atoms with Gasteiger partial charge in [-0.3, -0.25) is 0 Å². The maximum Gasteiger partial charge on any atom is 0.171 e. The molecule has 0 aliphatic heterocycles. The highest BCUT2D eigenvalue weighted by Gasteiger charge is 2.14. The third-order valence-corrected chi connectivity index (χ3v) is 3.33. The Labute approximate surface area is 91.9 Å². The molecule has 0 amide bonds. The van der Waals surface area contributed by atoms with E-state index in [0.29, 0.717) is 5.25 Å². The van der Waals surface area contributed by atoms with E-state index >= 15 is 0 Å². The molecule has 0 radical (unpaired) electrons. The van der Waals surface area contributed by atoms with Crippen LogP contribution in [0.5, 0.6) is 0 Å². The van der Waals surface area contributed by atoms with Crippen LogP contribution in [0.2, 0.25) is 0 Å². The van der Waals surface area contributed by atoms with E-state index < -0.39 is 0 Å². The maximum atomic E-state index is 5.16. The smallest absolute Gasteiger partial charge is 0.171 e. The topological polar surface area (TPSA) is 30.5 Å². The van der Waals surface area contributed by atoms with Crippen molar-refractivity contribution in [1.29, 1.82) is 0 Å². The number of rotatable bonds is 8. The first-order chi connectivity index (χ1) is 6.65. The third kappa shape index (κ3) is 5.86. The predicted octanol–water partition coefficient (Wildman–Crippen LogP) is 1.73. The van der Waals surface area contributed by atoms with Crippen molar-refractivity contribution in [2.45, 2.75) is 37.9 Å². The summed E-state index contributed by atoms with van der Waals surface area (Å²) >= 11 is 1.89. The van der Waals surface area contributed by atoms with Crippen molar-refractivity contribution in [2.75, 3.05) is 27.0 Å². The largest absolute Gasteiger partial charge is 0.354 e. The standard InChI is InChI=1S/C10H23NO2S/c1-8(14-5)6-7-11-9(2)10(12-3)13-4/h8-11H,6-7H2,1-5H3. The van der Waals surface area contributed by atoms with Crippen LogP contribution in [0, 0.1) is 0 Å². The maximum absolute atomic E-state index is 5.16. The van der Waals surface area contributed by atoms with E-state index in [4.69, 9.17) is 9.47 Å². The summed E-state index contributed by atoms with van der Waals surface area (Å²) in [7, 11) is 3.33. The van der Waals surface area contributed by atoms with E-state index in [1.165, 1.54) is 6.42 Å². The minimum atomic E-state index is -0.153. The summed E-state index contributed by atoms with van der Waals surface area (Å²) in [5.74, 6) is 0. The molecule has 1 N–H and O–H groups in total. The lowest BCUT2D eigenvalue weighted by Crippen LogP contribution is -2.40. The first-order valence-electron chi connectivity index (χ1n) is 4.97. The van der Waals surface area contributed by atoms with E-state index in [2.05, 4.69) is 25.4 Å². The van der Waals surface area contributed by atoms with Gasteiger partial charge in [0.15, 0.2) is 6.29 Å². The normalized spacial score (nSPS) is 15.9. The van der Waals surface area contributed by atoms with Gasteiger partial charge in [0, 0.05) is 19.5 Å². The molecular formula is C10H23NO2S. The van der Waals surface area contributed by atoms with Crippen LogP contribution in [0.4, 0.5) is 0 Å². The molecule has 0 aliphatic rings. The molecule has 0 bridgehead atoms. The highest BCUT2D eigenvalue weighted by atomic mass is 32.2. The molecule has 4 heteroatoms. The van der Waals surface area contributed by atoms with Gasteiger partial charge in [-0.25, -0.2) is 0 Å². The van der Waals surface area contributed by atoms with Crippen molar-refractivity contribution in [3.8, 4) is 0 Å². The van der Waals surface area contributed by atoms with Crippen LogP contribution in [0.15, 0.2) is 0 Å². The number of thioether (sulfide) groups is 1. The van der Waals surface area contributed by atoms with Crippen molar-refractivity contribution < 1.29 is 9.47 Å². The van der Waals surface area contributed by atoms with Crippen LogP contribution in [-0.4, -0.2) is 44.6 Å². The van der Waals surface area contributed by atoms with Crippen molar-refractivity contribution >= 4 is 11.8 Å². The summed E-state index contributed by atoms with van der Waals surface area (Å²) < 4.78 is 10.3. The van der Waals surface area contributed by atoms with Gasteiger partial charge >= 0.3 is 0 Å². The zero-order valence-electron chi connectivity index (χ0n) is 9.87. The molecule has 14 heavy (non-hydrogen) atoms. The average Bonchev–Trinajstić information content (AvgIpc) is 2.19. The Kier molecular flexibility index (Phi) is 8.67. The van der Waals surface area contributed by atoms with Crippen molar-refractivity contribution in [1.82, 2.24) is 5.32 Å². The van der Waals surface area contributed by atoms with E-state index in [9.17, 15) is 0 Å². The van der Waals surface area contributed by atoms with E-state index in [1.54, 1.807) is 14.2 Å². The van der Waals surface area contributed by atoms with Gasteiger partial charge < -0.3 is 14.8 Å². The molecule has 2 unspecified atom stereocenters. The Bertz CT molecular complexity index is 131. The molecule has 0 aromatic rings. The summed E-state index contributed by atoms with van der Waals surface area (Å²) in [4.78, 5) is 0. The Morgan fingerprint density at radius 3 is 2.21 bits per heavy atom. The van der Waals surface area contributed by atoms with E-state index in [1.807, 2.05) is 11.8 Å². The van der Waals surface area contributed by atoms with Gasteiger partial charge in [0.1, 0.15) is 0 Å². The van der Waals surface area contributed by atoms with Gasteiger partial charge in [-0.05, 0) is 26.1 Å². The Hall–Kier alpha value is 0.230. The summed E-state index contributed by atoms with van der Waals surface area (Å²) in [6.45, 7) is 5.31. The van der Waals surface area contributed by atoms with Crippen LogP contribution >= 0.6 is 11.8 Å². The number of methoxy groups -OCH3 is 2. The van der Waals surface area contributed by atoms with Crippen LogP contribution in [0.1, 0.15) is 20.3 Å². The molecule has 2 atom stereocenters. The lowest BCUT2D eigenvalue weighted by molar-refractivity contribution is -0.119. The minimum absolute atomic E-state index is 0.153. The highest BCUT2D eigenvalue weighted by Crippen LogP contribution is 2.08. The first-order valence-corrected chi connectivity index (χ1v) is 6.26. The summed E-state index contributed by atoms with van der Waals surface area (Å²) in [5.41, 5.74) is 0. The fraction of sp³-hybridized carbons (Fsp3) is 1.00. The van der Waals surface area contributed by atoms with Gasteiger partial charge in [-0.1, -0.05) is 6.92 Å². The number of hydrogen-bond donors (Lipinski definition) is 1. The second-order valence-corrected chi connectivity index (χ2v) is 4.69. The quantitative estimate of drug-likeness (QED) is 0.632. The van der Waals surface area contributed by atoms with E-state index in [-0.39, 0.29) is 12.3 Å². The molecule has 0 rings (SSSR count). The molecule has 3 nitrogen and oxygen atoms in total. The third-order valence-electron chi connectivity index (χ3n) is 2.29. The van der Waals surface area contributed by atoms with Crippen LogP contribution < -0.4 is 5.32 Å². The molecule has 0 heterocycles. The second-order valence-electron chi connectivity index (χ2n) is 3.42. The first kappa shape index (κ1) is 14.2. The SMILES string of the molecule is COC(OC)C(C)NCCC(C)SC. The Morgan fingerprint density at radius 2 is 1.79 bits per heavy atom. The molecule has 0 saturated heterocycles. The van der Waals surface area contributed by atoms with Gasteiger partial charge in [-0.2, -0.15) is 11.8 Å². The number of hydrogen-bond acceptors (Lipinski definition) is 4. The molecule has 86 valence electrons. The molecule has 0 aromatic carbocycles. The molecule has 0 aliphatic carbocycles. The summed E-state index contributed by atoms with van der Waals surface area (Å²) in [6, 6.07) is 0.235. The summed E-state index contributed by atoms with van der Waals surface area (Å²) in [6.07, 6.45) is 3.16. The average molecular weight is 221 g/mol. The Morgan fingerprint density at radius 1 is 1.21 bits per heavy atom. The number of ether oxygens (including phenoxy) is 2. The van der Waals surface area contributed by atoms with Gasteiger partial charge in [0.25, 0.3) is 0 Å². The van der Waals surface area contributed by atoms with Crippen LogP contribution in [0.25, 0.3) is 0 Å². The predicted molar refractivity (Wildman–Crippen MR) is 62.9 cm³/mol. The lowest BCUT2D eigenvalue weighted by atomic mass is 10.3. The molecule has 0 spiro atoms. The monoisotopic (exact) mass is 221 g/mol. The van der Waals surface area contributed by atoms with E-state index in [0.717, 1.165) is 6.54 Å². The van der Waals surface area contributed by atoms with Crippen molar-refractivity contribution in [3.05, 3.63) is 0 Å². The zero-order chi connectivity index (χ0) is 11.0. The Balaban J connectivity index is 3.56.